The molecule has 2 heteroatoms. The lowest BCUT2D eigenvalue weighted by atomic mass is 10.1. The van der Waals surface area contributed by atoms with Crippen molar-refractivity contribution >= 4 is 0 Å². The summed E-state index contributed by atoms with van der Waals surface area (Å²) in [5.74, 6) is 0.674. The van der Waals surface area contributed by atoms with E-state index in [4.69, 9.17) is 5.11 Å². The zero-order valence-corrected chi connectivity index (χ0v) is 7.61. The standard InChI is InChI=1S/C11H15NO/c13-7-6-12-11-8-10(11)9-4-2-1-3-5-9/h1-5,10-13H,6-8H2/t10-,11+/m0/s1. The molecule has 0 spiro atoms. The van der Waals surface area contributed by atoms with E-state index in [-0.39, 0.29) is 6.61 Å². The van der Waals surface area contributed by atoms with Crippen LogP contribution in [0.15, 0.2) is 30.3 Å². The molecule has 1 fully saturated rings. The molecule has 70 valence electrons. The van der Waals surface area contributed by atoms with Crippen molar-refractivity contribution in [2.45, 2.75) is 18.4 Å². The number of nitrogens with one attached hydrogen (secondary N) is 1. The molecule has 0 aliphatic heterocycles. The number of aliphatic hydroxyl groups excluding tert-OH is 1. The van der Waals surface area contributed by atoms with E-state index in [9.17, 15) is 0 Å². The van der Waals surface area contributed by atoms with Crippen LogP contribution < -0.4 is 5.32 Å². The first kappa shape index (κ1) is 8.73. The van der Waals surface area contributed by atoms with Crippen LogP contribution in [0.4, 0.5) is 0 Å². The summed E-state index contributed by atoms with van der Waals surface area (Å²) in [4.78, 5) is 0. The lowest BCUT2D eigenvalue weighted by molar-refractivity contribution is 0.291. The molecule has 2 nitrogen and oxygen atoms in total. The average Bonchev–Trinajstić information content (AvgIpc) is 2.95. The van der Waals surface area contributed by atoms with Crippen LogP contribution in [0.1, 0.15) is 17.9 Å². The third kappa shape index (κ3) is 2.08. The fourth-order valence-corrected chi connectivity index (χ4v) is 1.74. The molecule has 1 aliphatic carbocycles. The molecule has 2 atom stereocenters. The Morgan fingerprint density at radius 1 is 1.31 bits per heavy atom. The van der Waals surface area contributed by atoms with Crippen molar-refractivity contribution in [1.82, 2.24) is 5.32 Å². The van der Waals surface area contributed by atoms with Crippen molar-refractivity contribution in [1.29, 1.82) is 0 Å². The van der Waals surface area contributed by atoms with Crippen LogP contribution >= 0.6 is 0 Å². The Labute approximate surface area is 78.6 Å². The van der Waals surface area contributed by atoms with Gasteiger partial charge in [0.05, 0.1) is 6.61 Å². The third-order valence-corrected chi connectivity index (χ3v) is 2.54. The first-order valence-corrected chi connectivity index (χ1v) is 4.81. The maximum Gasteiger partial charge on any atom is 0.0556 e. The highest BCUT2D eigenvalue weighted by Crippen LogP contribution is 2.40. The Kier molecular flexibility index (Phi) is 2.62. The molecule has 0 amide bonds. The molecule has 1 aromatic rings. The summed E-state index contributed by atoms with van der Waals surface area (Å²) in [5, 5.41) is 11.9. The van der Waals surface area contributed by atoms with Gasteiger partial charge in [0.2, 0.25) is 0 Å². The molecular weight excluding hydrogens is 162 g/mol. The van der Waals surface area contributed by atoms with E-state index >= 15 is 0 Å². The van der Waals surface area contributed by atoms with Gasteiger partial charge < -0.3 is 10.4 Å². The topological polar surface area (TPSA) is 32.3 Å². The fraction of sp³-hybridized carbons (Fsp3) is 0.455. The molecule has 1 aliphatic rings. The molecule has 0 bridgehead atoms. The first-order chi connectivity index (χ1) is 6.42. The van der Waals surface area contributed by atoms with E-state index in [1.165, 1.54) is 12.0 Å². The van der Waals surface area contributed by atoms with E-state index in [1.54, 1.807) is 0 Å². The Hall–Kier alpha value is -0.860. The lowest BCUT2D eigenvalue weighted by Gasteiger charge is -2.01. The van der Waals surface area contributed by atoms with Gasteiger partial charge in [0, 0.05) is 18.5 Å². The summed E-state index contributed by atoms with van der Waals surface area (Å²) in [7, 11) is 0. The monoisotopic (exact) mass is 177 g/mol. The van der Waals surface area contributed by atoms with Crippen molar-refractivity contribution in [2.75, 3.05) is 13.2 Å². The molecule has 2 N–H and O–H groups in total. The molecule has 0 aromatic heterocycles. The van der Waals surface area contributed by atoms with Gasteiger partial charge in [0.25, 0.3) is 0 Å². The molecular formula is C11H15NO. The quantitative estimate of drug-likeness (QED) is 0.722. The van der Waals surface area contributed by atoms with Gasteiger partial charge in [-0.15, -0.1) is 0 Å². The van der Waals surface area contributed by atoms with Crippen LogP contribution in [0.2, 0.25) is 0 Å². The SMILES string of the molecule is OCCN[C@@H]1C[C@H]1c1ccccc1. The summed E-state index contributed by atoms with van der Waals surface area (Å²) in [6.07, 6.45) is 1.21. The second kappa shape index (κ2) is 3.90. The fourth-order valence-electron chi connectivity index (χ4n) is 1.74. The van der Waals surface area contributed by atoms with Gasteiger partial charge in [0.15, 0.2) is 0 Å². The van der Waals surface area contributed by atoms with Gasteiger partial charge in [-0.2, -0.15) is 0 Å². The van der Waals surface area contributed by atoms with E-state index in [1.807, 2.05) is 6.07 Å². The lowest BCUT2D eigenvalue weighted by Crippen LogP contribution is -2.21. The second-order valence-electron chi connectivity index (χ2n) is 3.54. The van der Waals surface area contributed by atoms with Crippen LogP contribution in [-0.4, -0.2) is 24.3 Å². The van der Waals surface area contributed by atoms with Crippen LogP contribution in [-0.2, 0) is 0 Å². The summed E-state index contributed by atoms with van der Waals surface area (Å²) in [6.45, 7) is 0.950. The molecule has 0 saturated heterocycles. The minimum atomic E-state index is 0.234. The summed E-state index contributed by atoms with van der Waals surface area (Å²) >= 11 is 0. The predicted octanol–water partition coefficient (Wildman–Crippen LogP) is 1.12. The van der Waals surface area contributed by atoms with Gasteiger partial charge in [-0.3, -0.25) is 0 Å². The van der Waals surface area contributed by atoms with Gasteiger partial charge in [-0.25, -0.2) is 0 Å². The highest BCUT2D eigenvalue weighted by molar-refractivity contribution is 5.27. The summed E-state index contributed by atoms with van der Waals surface area (Å²) in [5.41, 5.74) is 1.41. The molecule has 1 aromatic carbocycles. The molecule has 1 saturated carbocycles. The van der Waals surface area contributed by atoms with E-state index in [2.05, 4.69) is 29.6 Å². The number of aliphatic hydroxyl groups is 1. The van der Waals surface area contributed by atoms with E-state index in [0.29, 0.717) is 18.5 Å². The number of hydrogen-bond donors (Lipinski definition) is 2. The van der Waals surface area contributed by atoms with Crippen molar-refractivity contribution < 1.29 is 5.11 Å². The first-order valence-electron chi connectivity index (χ1n) is 4.81. The average molecular weight is 177 g/mol. The predicted molar refractivity (Wildman–Crippen MR) is 52.7 cm³/mol. The van der Waals surface area contributed by atoms with Crippen LogP contribution in [0.3, 0.4) is 0 Å². The van der Waals surface area contributed by atoms with Crippen molar-refractivity contribution in [3.63, 3.8) is 0 Å². The van der Waals surface area contributed by atoms with Gasteiger partial charge in [-0.1, -0.05) is 30.3 Å². The molecule has 0 unspecified atom stereocenters. The third-order valence-electron chi connectivity index (χ3n) is 2.54. The van der Waals surface area contributed by atoms with Crippen molar-refractivity contribution in [3.05, 3.63) is 35.9 Å². The summed E-state index contributed by atoms with van der Waals surface area (Å²) in [6, 6.07) is 11.1. The van der Waals surface area contributed by atoms with Crippen molar-refractivity contribution in [3.8, 4) is 0 Å². The van der Waals surface area contributed by atoms with Gasteiger partial charge in [-0.05, 0) is 12.0 Å². The van der Waals surface area contributed by atoms with Crippen LogP contribution in [0, 0.1) is 0 Å². The maximum atomic E-state index is 8.64. The van der Waals surface area contributed by atoms with Gasteiger partial charge >= 0.3 is 0 Å². The molecule has 0 radical (unpaired) electrons. The Morgan fingerprint density at radius 2 is 2.08 bits per heavy atom. The molecule has 13 heavy (non-hydrogen) atoms. The number of hydrogen-bond acceptors (Lipinski definition) is 2. The number of benzene rings is 1. The van der Waals surface area contributed by atoms with Crippen LogP contribution in [0.25, 0.3) is 0 Å². The summed E-state index contributed by atoms with van der Waals surface area (Å²) < 4.78 is 0. The normalized spacial score (nSPS) is 25.9. The minimum Gasteiger partial charge on any atom is -0.395 e. The largest absolute Gasteiger partial charge is 0.395 e. The number of rotatable bonds is 4. The van der Waals surface area contributed by atoms with Crippen LogP contribution in [0.5, 0.6) is 0 Å². The Morgan fingerprint density at radius 3 is 2.77 bits per heavy atom. The zero-order valence-electron chi connectivity index (χ0n) is 7.61. The molecule has 0 heterocycles. The second-order valence-corrected chi connectivity index (χ2v) is 3.54. The maximum absolute atomic E-state index is 8.64. The molecule has 2 rings (SSSR count). The highest BCUT2D eigenvalue weighted by Gasteiger charge is 2.37. The van der Waals surface area contributed by atoms with Gasteiger partial charge in [0.1, 0.15) is 0 Å². The highest BCUT2D eigenvalue weighted by atomic mass is 16.3. The zero-order chi connectivity index (χ0) is 9.10. The minimum absolute atomic E-state index is 0.234. The van der Waals surface area contributed by atoms with Crippen molar-refractivity contribution in [2.24, 2.45) is 0 Å². The Balaban J connectivity index is 1.86. The smallest absolute Gasteiger partial charge is 0.0556 e. The van der Waals surface area contributed by atoms with E-state index < -0.39 is 0 Å². The van der Waals surface area contributed by atoms with E-state index in [0.717, 1.165) is 0 Å². The Bertz CT molecular complexity index is 260.